The maximum atomic E-state index is 5.63. The zero-order valence-electron chi connectivity index (χ0n) is 8.64. The number of halogens is 1. The van der Waals surface area contributed by atoms with E-state index < -0.39 is 0 Å². The van der Waals surface area contributed by atoms with Gasteiger partial charge in [-0.15, -0.1) is 0 Å². The van der Waals surface area contributed by atoms with Gasteiger partial charge in [-0.3, -0.25) is 4.98 Å². The van der Waals surface area contributed by atoms with Crippen molar-refractivity contribution in [3.8, 4) is 11.5 Å². The first-order valence-electron chi connectivity index (χ1n) is 4.70. The average molecular weight is 280 g/mol. The summed E-state index contributed by atoms with van der Waals surface area (Å²) in [6.07, 6.45) is 5.05. The highest BCUT2D eigenvalue weighted by atomic mass is 79.9. The van der Waals surface area contributed by atoms with E-state index in [9.17, 15) is 0 Å². The molecular formula is C11H10BrN3O. The van der Waals surface area contributed by atoms with Crippen LogP contribution in [0.3, 0.4) is 0 Å². The van der Waals surface area contributed by atoms with Crippen LogP contribution >= 0.6 is 15.9 Å². The van der Waals surface area contributed by atoms with E-state index in [1.807, 2.05) is 19.2 Å². The molecule has 0 saturated carbocycles. The first-order chi connectivity index (χ1) is 7.78. The minimum atomic E-state index is 0.683. The van der Waals surface area contributed by atoms with Gasteiger partial charge in [0.05, 0.1) is 6.20 Å². The van der Waals surface area contributed by atoms with Crippen LogP contribution < -0.4 is 10.1 Å². The van der Waals surface area contributed by atoms with Gasteiger partial charge in [-0.05, 0) is 28.1 Å². The summed E-state index contributed by atoms with van der Waals surface area (Å²) >= 11 is 3.34. The van der Waals surface area contributed by atoms with Crippen LogP contribution in [0.4, 0.5) is 5.82 Å². The monoisotopic (exact) mass is 279 g/mol. The highest BCUT2D eigenvalue weighted by molar-refractivity contribution is 9.10. The molecule has 2 rings (SSSR count). The van der Waals surface area contributed by atoms with Crippen molar-refractivity contribution >= 4 is 21.7 Å². The summed E-state index contributed by atoms with van der Waals surface area (Å²) in [5.41, 5.74) is 0. The lowest BCUT2D eigenvalue weighted by Gasteiger charge is -2.06. The quantitative estimate of drug-likeness (QED) is 0.938. The standard InChI is InChI=1S/C11H10BrN3O/c1-13-11-5-9(2-3-15-11)16-10-4-8(12)6-14-7-10/h2-7H,1H3,(H,13,15). The molecule has 0 fully saturated rings. The molecule has 0 spiro atoms. The second-order valence-electron chi connectivity index (χ2n) is 3.07. The molecule has 2 heterocycles. The fourth-order valence-corrected chi connectivity index (χ4v) is 1.54. The second-order valence-corrected chi connectivity index (χ2v) is 3.98. The third-order valence-corrected chi connectivity index (χ3v) is 2.34. The van der Waals surface area contributed by atoms with Gasteiger partial charge in [0, 0.05) is 30.0 Å². The van der Waals surface area contributed by atoms with Gasteiger partial charge in [-0.2, -0.15) is 0 Å². The van der Waals surface area contributed by atoms with E-state index in [2.05, 4.69) is 31.2 Å². The minimum absolute atomic E-state index is 0.683. The van der Waals surface area contributed by atoms with Gasteiger partial charge in [-0.1, -0.05) is 0 Å². The van der Waals surface area contributed by atoms with Crippen LogP contribution in [-0.4, -0.2) is 17.0 Å². The molecule has 0 unspecified atom stereocenters. The Morgan fingerprint density at radius 1 is 1.25 bits per heavy atom. The predicted octanol–water partition coefficient (Wildman–Crippen LogP) is 3.07. The fraction of sp³-hybridized carbons (Fsp3) is 0.0909. The van der Waals surface area contributed by atoms with Crippen molar-refractivity contribution in [1.82, 2.24) is 9.97 Å². The number of pyridine rings is 2. The van der Waals surface area contributed by atoms with E-state index in [0.29, 0.717) is 5.75 Å². The van der Waals surface area contributed by atoms with E-state index in [-0.39, 0.29) is 0 Å². The van der Waals surface area contributed by atoms with E-state index in [0.717, 1.165) is 16.0 Å². The maximum Gasteiger partial charge on any atom is 0.146 e. The number of nitrogens with zero attached hydrogens (tertiary/aromatic N) is 2. The van der Waals surface area contributed by atoms with E-state index in [1.165, 1.54) is 0 Å². The van der Waals surface area contributed by atoms with Crippen molar-refractivity contribution in [2.45, 2.75) is 0 Å². The molecule has 0 radical (unpaired) electrons. The number of hydrogen-bond acceptors (Lipinski definition) is 4. The van der Waals surface area contributed by atoms with E-state index in [1.54, 1.807) is 24.7 Å². The Hall–Kier alpha value is -1.62. The van der Waals surface area contributed by atoms with E-state index >= 15 is 0 Å². The van der Waals surface area contributed by atoms with Gasteiger partial charge in [0.1, 0.15) is 17.3 Å². The van der Waals surface area contributed by atoms with Crippen LogP contribution in [0.2, 0.25) is 0 Å². The van der Waals surface area contributed by atoms with Crippen molar-refractivity contribution in [2.24, 2.45) is 0 Å². The van der Waals surface area contributed by atoms with Crippen LogP contribution in [0.1, 0.15) is 0 Å². The molecule has 4 nitrogen and oxygen atoms in total. The first kappa shape index (κ1) is 10.9. The number of ether oxygens (including phenoxy) is 1. The topological polar surface area (TPSA) is 47.0 Å². The summed E-state index contributed by atoms with van der Waals surface area (Å²) in [6.45, 7) is 0. The molecule has 0 amide bonds. The molecule has 16 heavy (non-hydrogen) atoms. The Bertz CT molecular complexity index is 490. The van der Waals surface area contributed by atoms with Crippen LogP contribution in [0.25, 0.3) is 0 Å². The zero-order valence-corrected chi connectivity index (χ0v) is 10.2. The summed E-state index contributed by atoms with van der Waals surface area (Å²) < 4.78 is 6.51. The Morgan fingerprint density at radius 2 is 2.12 bits per heavy atom. The lowest BCUT2D eigenvalue weighted by atomic mass is 10.4. The number of nitrogens with one attached hydrogen (secondary N) is 1. The fourth-order valence-electron chi connectivity index (χ4n) is 1.20. The molecule has 0 aromatic carbocycles. The Balaban J connectivity index is 2.20. The van der Waals surface area contributed by atoms with Crippen LogP contribution in [-0.2, 0) is 0 Å². The first-order valence-corrected chi connectivity index (χ1v) is 5.49. The van der Waals surface area contributed by atoms with Crippen molar-refractivity contribution < 1.29 is 4.74 Å². The number of aromatic nitrogens is 2. The molecule has 0 aliphatic rings. The number of hydrogen-bond donors (Lipinski definition) is 1. The molecule has 0 aliphatic carbocycles. The lowest BCUT2D eigenvalue weighted by molar-refractivity contribution is 0.479. The van der Waals surface area contributed by atoms with Gasteiger partial charge in [0.2, 0.25) is 0 Å². The molecule has 2 aromatic rings. The molecule has 5 heteroatoms. The number of anilines is 1. The SMILES string of the molecule is CNc1cc(Oc2cncc(Br)c2)ccn1. The van der Waals surface area contributed by atoms with Crippen molar-refractivity contribution in [2.75, 3.05) is 12.4 Å². The van der Waals surface area contributed by atoms with Gasteiger partial charge < -0.3 is 10.1 Å². The van der Waals surface area contributed by atoms with Gasteiger partial charge in [-0.25, -0.2) is 4.98 Å². The molecule has 0 aliphatic heterocycles. The molecule has 1 N–H and O–H groups in total. The predicted molar refractivity (Wildman–Crippen MR) is 65.8 cm³/mol. The van der Waals surface area contributed by atoms with Crippen molar-refractivity contribution in [3.05, 3.63) is 41.3 Å². The van der Waals surface area contributed by atoms with Crippen molar-refractivity contribution in [3.63, 3.8) is 0 Å². The second kappa shape index (κ2) is 4.94. The normalized spacial score (nSPS) is 9.88. The highest BCUT2D eigenvalue weighted by Crippen LogP contribution is 2.24. The Morgan fingerprint density at radius 3 is 2.88 bits per heavy atom. The molecule has 0 bridgehead atoms. The maximum absolute atomic E-state index is 5.63. The average Bonchev–Trinajstić information content (AvgIpc) is 2.29. The van der Waals surface area contributed by atoms with Crippen LogP contribution in [0.15, 0.2) is 41.3 Å². The van der Waals surface area contributed by atoms with Crippen LogP contribution in [0.5, 0.6) is 11.5 Å². The molecule has 2 aromatic heterocycles. The summed E-state index contributed by atoms with van der Waals surface area (Å²) in [7, 11) is 1.81. The summed E-state index contributed by atoms with van der Waals surface area (Å²) in [6, 6.07) is 5.47. The largest absolute Gasteiger partial charge is 0.456 e. The third-order valence-electron chi connectivity index (χ3n) is 1.90. The highest BCUT2D eigenvalue weighted by Gasteiger charge is 2.00. The van der Waals surface area contributed by atoms with Gasteiger partial charge in [0.25, 0.3) is 0 Å². The minimum Gasteiger partial charge on any atom is -0.456 e. The Labute approximate surface area is 102 Å². The molecule has 0 atom stereocenters. The zero-order chi connectivity index (χ0) is 11.4. The molecule has 82 valence electrons. The van der Waals surface area contributed by atoms with Gasteiger partial charge >= 0.3 is 0 Å². The van der Waals surface area contributed by atoms with Gasteiger partial charge in [0.15, 0.2) is 0 Å². The van der Waals surface area contributed by atoms with E-state index in [4.69, 9.17) is 4.74 Å². The van der Waals surface area contributed by atoms with Crippen LogP contribution in [0, 0.1) is 0 Å². The Kier molecular flexibility index (Phi) is 3.36. The smallest absolute Gasteiger partial charge is 0.146 e. The third kappa shape index (κ3) is 2.70. The summed E-state index contributed by atoms with van der Waals surface area (Å²) in [4.78, 5) is 8.12. The molecular weight excluding hydrogens is 270 g/mol. The lowest BCUT2D eigenvalue weighted by Crippen LogP contribution is -1.92. The number of rotatable bonds is 3. The summed E-state index contributed by atoms with van der Waals surface area (Å²) in [5.74, 6) is 2.17. The summed E-state index contributed by atoms with van der Waals surface area (Å²) in [5, 5.41) is 2.95. The molecule has 0 saturated heterocycles. The van der Waals surface area contributed by atoms with Crippen molar-refractivity contribution in [1.29, 1.82) is 0 Å².